The molecule has 0 spiro atoms. The molecule has 0 unspecified atom stereocenters. The van der Waals surface area contributed by atoms with E-state index < -0.39 is 0 Å². The van der Waals surface area contributed by atoms with Crippen molar-refractivity contribution in [2.24, 2.45) is 0 Å². The van der Waals surface area contributed by atoms with Crippen molar-refractivity contribution >= 4 is 58.2 Å². The minimum Gasteiger partial charge on any atom is -0.442 e. The summed E-state index contributed by atoms with van der Waals surface area (Å²) in [6.07, 6.45) is -0.458. The summed E-state index contributed by atoms with van der Waals surface area (Å²) in [5, 5.41) is 6.31. The second kappa shape index (κ2) is 11.9. The Bertz CT molecular complexity index is 653. The van der Waals surface area contributed by atoms with E-state index in [-0.39, 0.29) is 12.2 Å². The Balaban J connectivity index is 0.000000343. The summed E-state index contributed by atoms with van der Waals surface area (Å²) in [6.45, 7) is 7.52. The van der Waals surface area contributed by atoms with Gasteiger partial charge in [-0.1, -0.05) is 12.2 Å². The monoisotopic (exact) mass is 454 g/mol. The smallest absolute Gasteiger partial charge is 0.414 e. The SMILES string of the molecule is C1CSCCN1.CC(=S)NC[C@H]1CN(c2ccc(N3CCSCC3)cc2)C(=O)O1. The number of carbonyl (C=O) groups excluding carboxylic acids is 1. The van der Waals surface area contributed by atoms with E-state index in [4.69, 9.17) is 17.0 Å². The fourth-order valence-electron chi connectivity index (χ4n) is 3.28. The third-order valence-corrected chi connectivity index (χ3v) is 6.91. The van der Waals surface area contributed by atoms with Crippen LogP contribution in [0.3, 0.4) is 0 Å². The van der Waals surface area contributed by atoms with E-state index in [1.165, 1.54) is 41.8 Å². The number of amides is 1. The molecule has 0 aliphatic carbocycles. The first-order chi connectivity index (χ1) is 14.1. The number of carbonyl (C=O) groups is 1. The maximum atomic E-state index is 12.0. The molecule has 3 aliphatic rings. The van der Waals surface area contributed by atoms with Gasteiger partial charge in [-0.05, 0) is 31.2 Å². The van der Waals surface area contributed by atoms with Crippen molar-refractivity contribution in [3.8, 4) is 0 Å². The molecule has 2 N–H and O–H groups in total. The number of benzene rings is 1. The number of ether oxygens (including phenoxy) is 1. The van der Waals surface area contributed by atoms with Gasteiger partial charge in [-0.25, -0.2) is 4.79 Å². The van der Waals surface area contributed by atoms with E-state index in [9.17, 15) is 4.79 Å². The van der Waals surface area contributed by atoms with Crippen LogP contribution in [-0.4, -0.2) is 79.5 Å². The fraction of sp³-hybridized carbons (Fsp3) is 0.600. The maximum Gasteiger partial charge on any atom is 0.414 e. The number of hydrogen-bond acceptors (Lipinski definition) is 7. The summed E-state index contributed by atoms with van der Waals surface area (Å²) < 4.78 is 5.38. The summed E-state index contributed by atoms with van der Waals surface area (Å²) in [5.41, 5.74) is 2.10. The first-order valence-electron chi connectivity index (χ1n) is 10.1. The Morgan fingerprint density at radius 3 is 2.31 bits per heavy atom. The van der Waals surface area contributed by atoms with Crippen LogP contribution in [-0.2, 0) is 4.74 Å². The van der Waals surface area contributed by atoms with Crippen molar-refractivity contribution in [1.82, 2.24) is 10.6 Å². The molecule has 160 valence electrons. The first kappa shape index (κ1) is 22.5. The molecule has 29 heavy (non-hydrogen) atoms. The number of thioether (sulfide) groups is 2. The molecular formula is C20H30N4O2S3. The number of hydrogen-bond donors (Lipinski definition) is 2. The summed E-state index contributed by atoms with van der Waals surface area (Å²) in [4.78, 5) is 16.8. The van der Waals surface area contributed by atoms with E-state index in [0.29, 0.717) is 18.1 Å². The summed E-state index contributed by atoms with van der Waals surface area (Å²) in [5.74, 6) is 4.96. The lowest BCUT2D eigenvalue weighted by Crippen LogP contribution is -2.33. The highest BCUT2D eigenvalue weighted by Gasteiger charge is 2.32. The average molecular weight is 455 g/mol. The Labute approximate surface area is 187 Å². The van der Waals surface area contributed by atoms with Gasteiger partial charge in [0.05, 0.1) is 18.1 Å². The number of nitrogens with one attached hydrogen (secondary N) is 2. The second-order valence-electron chi connectivity index (χ2n) is 7.03. The number of anilines is 2. The van der Waals surface area contributed by atoms with Gasteiger partial charge in [0.15, 0.2) is 0 Å². The van der Waals surface area contributed by atoms with E-state index in [0.717, 1.165) is 18.8 Å². The van der Waals surface area contributed by atoms with Crippen molar-refractivity contribution in [3.05, 3.63) is 24.3 Å². The van der Waals surface area contributed by atoms with Crippen LogP contribution in [0.4, 0.5) is 16.2 Å². The zero-order chi connectivity index (χ0) is 20.5. The molecule has 1 aromatic rings. The highest BCUT2D eigenvalue weighted by molar-refractivity contribution is 7.99. The van der Waals surface area contributed by atoms with E-state index in [2.05, 4.69) is 27.7 Å². The maximum absolute atomic E-state index is 12.0. The van der Waals surface area contributed by atoms with Gasteiger partial charge in [-0.2, -0.15) is 23.5 Å². The standard InChI is InChI=1S/C16H21N3O2S2.C4H9NS/c1-12(22)17-10-15-11-19(16(20)21-15)14-4-2-13(3-5-14)18-6-8-23-9-7-18;1-3-6-4-2-5-1/h2-5,15H,6-11H2,1H3,(H,17,22);5H,1-4H2/t15-;/m0./s1. The van der Waals surface area contributed by atoms with E-state index >= 15 is 0 Å². The zero-order valence-electron chi connectivity index (χ0n) is 16.9. The molecule has 1 amide bonds. The summed E-state index contributed by atoms with van der Waals surface area (Å²) >= 11 is 9.02. The molecule has 0 aromatic heterocycles. The molecule has 0 bridgehead atoms. The minimum atomic E-state index is -0.291. The lowest BCUT2D eigenvalue weighted by Gasteiger charge is -2.28. The third kappa shape index (κ3) is 7.24. The Kier molecular flexibility index (Phi) is 9.23. The van der Waals surface area contributed by atoms with Gasteiger partial charge in [-0.15, -0.1) is 0 Å². The average Bonchev–Trinajstić information content (AvgIpc) is 3.15. The van der Waals surface area contributed by atoms with E-state index in [1.54, 1.807) is 4.90 Å². The first-order valence-corrected chi connectivity index (χ1v) is 12.8. The molecule has 3 aliphatic heterocycles. The largest absolute Gasteiger partial charge is 0.442 e. The number of rotatable bonds is 4. The van der Waals surface area contributed by atoms with Crippen LogP contribution < -0.4 is 20.4 Å². The van der Waals surface area contributed by atoms with Crippen molar-refractivity contribution in [3.63, 3.8) is 0 Å². The van der Waals surface area contributed by atoms with Crippen molar-refractivity contribution in [2.45, 2.75) is 13.0 Å². The van der Waals surface area contributed by atoms with Gasteiger partial charge in [0.1, 0.15) is 6.10 Å². The molecular weight excluding hydrogens is 424 g/mol. The topological polar surface area (TPSA) is 56.8 Å². The fourth-order valence-corrected chi connectivity index (χ4v) is 5.04. The number of cyclic esters (lactones) is 1. The van der Waals surface area contributed by atoms with Crippen molar-refractivity contribution in [1.29, 1.82) is 0 Å². The molecule has 4 rings (SSSR count). The quantitative estimate of drug-likeness (QED) is 0.674. The van der Waals surface area contributed by atoms with Crippen LogP contribution >= 0.6 is 35.7 Å². The molecule has 0 radical (unpaired) electrons. The van der Waals surface area contributed by atoms with Crippen molar-refractivity contribution in [2.75, 3.05) is 72.1 Å². The van der Waals surface area contributed by atoms with Crippen LogP contribution in [0.5, 0.6) is 0 Å². The Morgan fingerprint density at radius 1 is 1.14 bits per heavy atom. The molecule has 3 fully saturated rings. The predicted octanol–water partition coefficient (Wildman–Crippen LogP) is 2.82. The normalized spacial score (nSPS) is 21.8. The lowest BCUT2D eigenvalue weighted by molar-refractivity contribution is 0.143. The van der Waals surface area contributed by atoms with Crippen LogP contribution in [0.1, 0.15) is 6.92 Å². The molecule has 3 heterocycles. The van der Waals surface area contributed by atoms with Crippen molar-refractivity contribution < 1.29 is 9.53 Å². The van der Waals surface area contributed by atoms with Crippen LogP contribution in [0.2, 0.25) is 0 Å². The van der Waals surface area contributed by atoms with Crippen LogP contribution in [0.15, 0.2) is 24.3 Å². The third-order valence-electron chi connectivity index (χ3n) is 4.84. The number of thiocarbonyl (C=S) groups is 1. The zero-order valence-corrected chi connectivity index (χ0v) is 19.3. The minimum absolute atomic E-state index is 0.167. The van der Waals surface area contributed by atoms with Gasteiger partial charge >= 0.3 is 6.09 Å². The predicted molar refractivity (Wildman–Crippen MR) is 130 cm³/mol. The van der Waals surface area contributed by atoms with Gasteiger partial charge in [0.2, 0.25) is 0 Å². The Morgan fingerprint density at radius 2 is 1.76 bits per heavy atom. The molecule has 3 saturated heterocycles. The molecule has 9 heteroatoms. The van der Waals surface area contributed by atoms with E-state index in [1.807, 2.05) is 42.6 Å². The van der Waals surface area contributed by atoms with Gasteiger partial charge in [-0.3, -0.25) is 4.90 Å². The summed E-state index contributed by atoms with van der Waals surface area (Å²) in [7, 11) is 0. The van der Waals surface area contributed by atoms with Gasteiger partial charge in [0.25, 0.3) is 0 Å². The highest BCUT2D eigenvalue weighted by atomic mass is 32.2. The van der Waals surface area contributed by atoms with Gasteiger partial charge in [0, 0.05) is 60.6 Å². The summed E-state index contributed by atoms with van der Waals surface area (Å²) in [6, 6.07) is 8.17. The highest BCUT2D eigenvalue weighted by Crippen LogP contribution is 2.26. The molecule has 1 aromatic carbocycles. The second-order valence-corrected chi connectivity index (χ2v) is 10.1. The molecule has 6 nitrogen and oxygen atoms in total. The molecule has 1 atom stereocenters. The van der Waals surface area contributed by atoms with Gasteiger partial charge < -0.3 is 20.3 Å². The lowest BCUT2D eigenvalue weighted by atomic mass is 10.2. The molecule has 0 saturated carbocycles. The van der Waals surface area contributed by atoms with Crippen LogP contribution in [0, 0.1) is 0 Å². The van der Waals surface area contributed by atoms with Crippen LogP contribution in [0.25, 0.3) is 0 Å². The Hall–Kier alpha value is -1.16. The number of nitrogens with zero attached hydrogens (tertiary/aromatic N) is 2.